The van der Waals surface area contributed by atoms with Gasteiger partial charge in [-0.2, -0.15) is 10.4 Å². The van der Waals surface area contributed by atoms with Crippen molar-refractivity contribution in [3.8, 4) is 34.3 Å². The SMILES string of the molecule is N#Cc1ccc(-c2n[nH]c3c2Cc2ccc(OCCCC4CCNCC4)cc2-3)cn1. The van der Waals surface area contributed by atoms with E-state index in [2.05, 4.69) is 44.8 Å². The third-order valence-electron chi connectivity index (χ3n) is 6.22. The van der Waals surface area contributed by atoms with Crippen LogP contribution in [0.2, 0.25) is 0 Å². The van der Waals surface area contributed by atoms with E-state index >= 15 is 0 Å². The van der Waals surface area contributed by atoms with Gasteiger partial charge in [0.2, 0.25) is 0 Å². The van der Waals surface area contributed by atoms with Crippen LogP contribution in [-0.4, -0.2) is 34.9 Å². The van der Waals surface area contributed by atoms with E-state index < -0.39 is 0 Å². The van der Waals surface area contributed by atoms with Crippen LogP contribution >= 0.6 is 0 Å². The number of nitrogens with zero attached hydrogens (tertiary/aromatic N) is 3. The molecule has 1 aliphatic carbocycles. The molecule has 30 heavy (non-hydrogen) atoms. The molecule has 0 atom stereocenters. The maximum Gasteiger partial charge on any atom is 0.140 e. The van der Waals surface area contributed by atoms with Gasteiger partial charge >= 0.3 is 0 Å². The first-order chi connectivity index (χ1) is 14.8. The summed E-state index contributed by atoms with van der Waals surface area (Å²) in [7, 11) is 0. The molecule has 2 aliphatic rings. The van der Waals surface area contributed by atoms with Gasteiger partial charge in [0.25, 0.3) is 0 Å². The smallest absolute Gasteiger partial charge is 0.140 e. The van der Waals surface area contributed by atoms with E-state index in [1.165, 1.54) is 36.0 Å². The average Bonchev–Trinajstić information content (AvgIpc) is 3.37. The summed E-state index contributed by atoms with van der Waals surface area (Å²) < 4.78 is 6.06. The first-order valence-electron chi connectivity index (χ1n) is 10.7. The second kappa shape index (κ2) is 8.29. The fourth-order valence-corrected chi connectivity index (χ4v) is 4.55. The lowest BCUT2D eigenvalue weighted by molar-refractivity contribution is 0.274. The van der Waals surface area contributed by atoms with Crippen LogP contribution in [0.1, 0.15) is 42.5 Å². The Balaban J connectivity index is 1.26. The third kappa shape index (κ3) is 3.69. The summed E-state index contributed by atoms with van der Waals surface area (Å²) in [6, 6.07) is 12.1. The lowest BCUT2D eigenvalue weighted by atomic mass is 9.93. The summed E-state index contributed by atoms with van der Waals surface area (Å²) in [6.07, 6.45) is 7.49. The molecule has 1 aliphatic heterocycles. The van der Waals surface area contributed by atoms with Crippen LogP contribution in [0.5, 0.6) is 5.75 Å². The van der Waals surface area contributed by atoms with Gasteiger partial charge in [0.15, 0.2) is 0 Å². The van der Waals surface area contributed by atoms with Crippen LogP contribution in [0.4, 0.5) is 0 Å². The van der Waals surface area contributed by atoms with Crippen molar-refractivity contribution < 1.29 is 4.74 Å². The minimum Gasteiger partial charge on any atom is -0.494 e. The highest BCUT2D eigenvalue weighted by molar-refractivity contribution is 5.81. The molecule has 2 aromatic heterocycles. The van der Waals surface area contributed by atoms with Crippen LogP contribution in [-0.2, 0) is 6.42 Å². The lowest BCUT2D eigenvalue weighted by Gasteiger charge is -2.22. The standard InChI is InChI=1S/C24H25N5O/c25-14-19-5-3-18(15-27-19)23-22-12-17-4-6-20(13-21(17)24(22)29-28-23)30-11-1-2-16-7-9-26-10-8-16/h3-6,13,15-16,26H,1-2,7-12H2,(H,28,29). The fraction of sp³-hybridized carbons (Fsp3) is 0.375. The molecule has 6 heteroatoms. The van der Waals surface area contributed by atoms with Crippen molar-refractivity contribution in [2.45, 2.75) is 32.1 Å². The molecule has 1 saturated heterocycles. The second-order valence-electron chi connectivity index (χ2n) is 8.15. The van der Waals surface area contributed by atoms with E-state index in [-0.39, 0.29) is 0 Å². The number of nitrogens with one attached hydrogen (secondary N) is 2. The van der Waals surface area contributed by atoms with Crippen LogP contribution < -0.4 is 10.1 Å². The molecule has 6 nitrogen and oxygen atoms in total. The minimum absolute atomic E-state index is 0.413. The molecule has 2 N–H and O–H groups in total. The van der Waals surface area contributed by atoms with Gasteiger partial charge < -0.3 is 10.1 Å². The van der Waals surface area contributed by atoms with Gasteiger partial charge in [0.05, 0.1) is 18.0 Å². The minimum atomic E-state index is 0.413. The Bertz CT molecular complexity index is 1070. The fourth-order valence-electron chi connectivity index (χ4n) is 4.55. The Morgan fingerprint density at radius 2 is 2.07 bits per heavy atom. The molecule has 0 unspecified atom stereocenters. The molecule has 1 aromatic carbocycles. The Morgan fingerprint density at radius 3 is 2.87 bits per heavy atom. The molecule has 0 saturated carbocycles. The number of fused-ring (bicyclic) bond motifs is 3. The molecule has 5 rings (SSSR count). The topological polar surface area (TPSA) is 86.6 Å². The van der Waals surface area contributed by atoms with E-state index in [0.29, 0.717) is 5.69 Å². The number of ether oxygens (including phenoxy) is 1. The highest BCUT2D eigenvalue weighted by Gasteiger charge is 2.25. The monoisotopic (exact) mass is 399 g/mol. The predicted octanol–water partition coefficient (Wildman–Crippen LogP) is 4.07. The summed E-state index contributed by atoms with van der Waals surface area (Å²) >= 11 is 0. The molecule has 0 radical (unpaired) electrons. The van der Waals surface area contributed by atoms with Crippen LogP contribution in [0.15, 0.2) is 36.5 Å². The van der Waals surface area contributed by atoms with E-state index in [1.807, 2.05) is 6.07 Å². The normalized spacial score (nSPS) is 15.4. The van der Waals surface area contributed by atoms with Gasteiger partial charge in [0, 0.05) is 29.3 Å². The van der Waals surface area contributed by atoms with Crippen LogP contribution in [0.25, 0.3) is 22.5 Å². The first-order valence-corrected chi connectivity index (χ1v) is 10.7. The zero-order valence-corrected chi connectivity index (χ0v) is 16.9. The second-order valence-corrected chi connectivity index (χ2v) is 8.15. The number of hydrogen-bond donors (Lipinski definition) is 2. The van der Waals surface area contributed by atoms with Crippen LogP contribution in [0, 0.1) is 17.2 Å². The van der Waals surface area contributed by atoms with E-state index in [0.717, 1.165) is 61.2 Å². The van der Waals surface area contributed by atoms with Crippen molar-refractivity contribution in [3.05, 3.63) is 53.3 Å². The van der Waals surface area contributed by atoms with Gasteiger partial charge in [-0.05, 0) is 74.5 Å². The summed E-state index contributed by atoms with van der Waals surface area (Å²) in [4.78, 5) is 4.18. The number of nitriles is 1. The van der Waals surface area contributed by atoms with E-state index in [9.17, 15) is 0 Å². The quantitative estimate of drug-likeness (QED) is 0.477. The number of pyridine rings is 1. The number of rotatable bonds is 6. The molecule has 0 amide bonds. The largest absolute Gasteiger partial charge is 0.494 e. The zero-order chi connectivity index (χ0) is 20.3. The average molecular weight is 399 g/mol. The highest BCUT2D eigenvalue weighted by Crippen LogP contribution is 2.41. The highest BCUT2D eigenvalue weighted by atomic mass is 16.5. The Morgan fingerprint density at radius 1 is 1.17 bits per heavy atom. The molecule has 3 aromatic rings. The number of benzene rings is 1. The van der Waals surface area contributed by atoms with Gasteiger partial charge in [-0.25, -0.2) is 4.98 Å². The lowest BCUT2D eigenvalue weighted by Crippen LogP contribution is -2.27. The number of H-pyrrole nitrogens is 1. The van der Waals surface area contributed by atoms with Gasteiger partial charge in [0.1, 0.15) is 17.5 Å². The summed E-state index contributed by atoms with van der Waals surface area (Å²) in [5.74, 6) is 1.76. The van der Waals surface area contributed by atoms with E-state index in [4.69, 9.17) is 10.00 Å². The van der Waals surface area contributed by atoms with Crippen molar-refractivity contribution in [2.24, 2.45) is 5.92 Å². The predicted molar refractivity (Wildman–Crippen MR) is 115 cm³/mol. The molecule has 1 fully saturated rings. The van der Waals surface area contributed by atoms with Crippen molar-refractivity contribution in [3.63, 3.8) is 0 Å². The molecule has 0 spiro atoms. The van der Waals surface area contributed by atoms with Crippen molar-refractivity contribution >= 4 is 0 Å². The van der Waals surface area contributed by atoms with Gasteiger partial charge in [-0.3, -0.25) is 5.10 Å². The van der Waals surface area contributed by atoms with Crippen molar-refractivity contribution in [1.82, 2.24) is 20.5 Å². The zero-order valence-electron chi connectivity index (χ0n) is 16.9. The Hall–Kier alpha value is -3.17. The summed E-state index contributed by atoms with van der Waals surface area (Å²) in [5, 5.41) is 20.1. The molecular weight excluding hydrogens is 374 g/mol. The Kier molecular flexibility index (Phi) is 5.20. The number of piperidine rings is 1. The third-order valence-corrected chi connectivity index (χ3v) is 6.22. The number of aromatic nitrogens is 3. The van der Waals surface area contributed by atoms with Gasteiger partial charge in [-0.1, -0.05) is 6.07 Å². The first kappa shape index (κ1) is 18.8. The number of hydrogen-bond acceptors (Lipinski definition) is 5. The Labute approximate surface area is 176 Å². The maximum atomic E-state index is 8.95. The number of aromatic amines is 1. The van der Waals surface area contributed by atoms with E-state index in [1.54, 1.807) is 12.3 Å². The van der Waals surface area contributed by atoms with Crippen molar-refractivity contribution in [2.75, 3.05) is 19.7 Å². The van der Waals surface area contributed by atoms with Crippen molar-refractivity contribution in [1.29, 1.82) is 5.26 Å². The summed E-state index contributed by atoms with van der Waals surface area (Å²) in [6.45, 7) is 3.08. The summed E-state index contributed by atoms with van der Waals surface area (Å²) in [5.41, 5.74) is 6.93. The maximum absolute atomic E-state index is 8.95. The molecule has 3 heterocycles. The molecule has 152 valence electrons. The van der Waals surface area contributed by atoms with Crippen LogP contribution in [0.3, 0.4) is 0 Å². The molecule has 0 bridgehead atoms. The molecular formula is C24H25N5O. The van der Waals surface area contributed by atoms with Gasteiger partial charge in [-0.15, -0.1) is 0 Å².